The Morgan fingerprint density at radius 3 is 2.67 bits per heavy atom. The molecule has 0 spiro atoms. The summed E-state index contributed by atoms with van der Waals surface area (Å²) in [6.07, 6.45) is 0.803. The minimum atomic E-state index is -0.0744. The molecule has 0 radical (unpaired) electrons. The van der Waals surface area contributed by atoms with Crippen LogP contribution in [0.2, 0.25) is 0 Å². The number of carbonyl (C=O) groups is 1. The zero-order valence-corrected chi connectivity index (χ0v) is 16.2. The maximum Gasteiger partial charge on any atom is 0.215 e. The smallest absolute Gasteiger partial charge is 0.215 e. The molecule has 0 bridgehead atoms. The van der Waals surface area contributed by atoms with Crippen LogP contribution in [-0.4, -0.2) is 46.7 Å². The minimum Gasteiger partial charge on any atom is -0.508 e. The van der Waals surface area contributed by atoms with Crippen molar-refractivity contribution in [3.8, 4) is 5.75 Å². The number of ketones is 1. The van der Waals surface area contributed by atoms with Gasteiger partial charge in [0.2, 0.25) is 11.1 Å². The molecule has 0 atom stereocenters. The zero-order chi connectivity index (χ0) is 16.2. The fourth-order valence-corrected chi connectivity index (χ4v) is 2.96. The topological polar surface area (TPSA) is 90.7 Å². The number of aliphatic imine (C=N–C) groups is 1. The number of guanidine groups is 1. The van der Waals surface area contributed by atoms with Crippen molar-refractivity contribution in [3.63, 3.8) is 0 Å². The molecular weight excluding hydrogens is 441 g/mol. The third-order valence-corrected chi connectivity index (χ3v) is 4.48. The molecule has 2 heterocycles. The van der Waals surface area contributed by atoms with Crippen LogP contribution in [0.5, 0.6) is 5.75 Å². The molecule has 0 unspecified atom stereocenters. The molecule has 1 aromatic heterocycles. The molecule has 9 heteroatoms. The van der Waals surface area contributed by atoms with E-state index in [1.165, 1.54) is 23.5 Å². The Bertz CT molecular complexity index is 732. The Morgan fingerprint density at radius 1 is 1.33 bits per heavy atom. The van der Waals surface area contributed by atoms with Crippen LogP contribution in [0.15, 0.2) is 29.3 Å². The highest BCUT2D eigenvalue weighted by Crippen LogP contribution is 2.22. The number of Topliss-reactive ketones (excluding diaryl/α,β-unsaturated/α-hetero) is 1. The molecule has 0 fully saturated rings. The molecule has 1 aromatic carbocycles. The number of rotatable bonds is 5. The van der Waals surface area contributed by atoms with E-state index >= 15 is 0 Å². The quantitative estimate of drug-likeness (QED) is 0.526. The predicted octanol–water partition coefficient (Wildman–Crippen LogP) is 2.07. The third-order valence-electron chi connectivity index (χ3n) is 3.39. The second-order valence-electron chi connectivity index (χ2n) is 5.02. The van der Waals surface area contributed by atoms with Crippen molar-refractivity contribution in [2.75, 3.05) is 24.5 Å². The average molecular weight is 459 g/mol. The SMILES string of the molecule is CCc1nnc(N(CC(=O)c2ccc(O)cc2)C2=NCCN2)s1.I. The number of aromatic hydroxyl groups is 1. The monoisotopic (exact) mass is 459 g/mol. The van der Waals surface area contributed by atoms with Crippen molar-refractivity contribution in [2.24, 2.45) is 4.99 Å². The Morgan fingerprint density at radius 2 is 2.08 bits per heavy atom. The van der Waals surface area contributed by atoms with Crippen LogP contribution >= 0.6 is 35.3 Å². The first-order valence-electron chi connectivity index (χ1n) is 7.38. The highest BCUT2D eigenvalue weighted by molar-refractivity contribution is 14.0. The van der Waals surface area contributed by atoms with Gasteiger partial charge in [0, 0.05) is 12.1 Å². The van der Waals surface area contributed by atoms with E-state index in [2.05, 4.69) is 20.5 Å². The first-order valence-corrected chi connectivity index (χ1v) is 8.19. The summed E-state index contributed by atoms with van der Waals surface area (Å²) in [6.45, 7) is 3.56. The van der Waals surface area contributed by atoms with Crippen LogP contribution in [0.1, 0.15) is 22.3 Å². The van der Waals surface area contributed by atoms with Gasteiger partial charge in [0.05, 0.1) is 13.1 Å². The van der Waals surface area contributed by atoms with Gasteiger partial charge < -0.3 is 10.4 Å². The van der Waals surface area contributed by atoms with Crippen LogP contribution in [0.3, 0.4) is 0 Å². The van der Waals surface area contributed by atoms with E-state index in [0.717, 1.165) is 18.0 Å². The summed E-state index contributed by atoms with van der Waals surface area (Å²) >= 11 is 1.46. The maximum atomic E-state index is 12.5. The fourth-order valence-electron chi connectivity index (χ4n) is 2.18. The number of aryl methyl sites for hydroxylation is 1. The Balaban J connectivity index is 0.00000208. The van der Waals surface area contributed by atoms with Crippen LogP contribution < -0.4 is 10.2 Å². The van der Waals surface area contributed by atoms with Crippen molar-refractivity contribution >= 4 is 52.2 Å². The van der Waals surface area contributed by atoms with Gasteiger partial charge in [-0.3, -0.25) is 14.7 Å². The van der Waals surface area contributed by atoms with Crippen LogP contribution in [0.25, 0.3) is 0 Å². The normalized spacial score (nSPS) is 13.0. The number of phenols is 1. The van der Waals surface area contributed by atoms with Gasteiger partial charge in [0.25, 0.3) is 0 Å². The molecule has 128 valence electrons. The molecule has 2 aromatic rings. The Kier molecular flexibility index (Phi) is 6.49. The highest BCUT2D eigenvalue weighted by atomic mass is 127. The van der Waals surface area contributed by atoms with Crippen LogP contribution in [0, 0.1) is 0 Å². The molecule has 1 aliphatic heterocycles. The van der Waals surface area contributed by atoms with Gasteiger partial charge in [-0.25, -0.2) is 0 Å². The summed E-state index contributed by atoms with van der Waals surface area (Å²) in [6, 6.07) is 6.22. The first kappa shape index (κ1) is 18.6. The number of hydrogen-bond acceptors (Lipinski definition) is 8. The number of nitrogens with zero attached hydrogens (tertiary/aromatic N) is 4. The molecule has 0 amide bonds. The third kappa shape index (κ3) is 4.20. The molecule has 24 heavy (non-hydrogen) atoms. The van der Waals surface area contributed by atoms with Crippen LogP contribution in [-0.2, 0) is 6.42 Å². The van der Waals surface area contributed by atoms with Crippen molar-refractivity contribution in [2.45, 2.75) is 13.3 Å². The van der Waals surface area contributed by atoms with Gasteiger partial charge in [-0.05, 0) is 30.7 Å². The lowest BCUT2D eigenvalue weighted by atomic mass is 10.1. The number of aromatic nitrogens is 2. The van der Waals surface area contributed by atoms with E-state index in [9.17, 15) is 9.90 Å². The molecule has 0 saturated carbocycles. The molecule has 0 aliphatic carbocycles. The van der Waals surface area contributed by atoms with Crippen molar-refractivity contribution < 1.29 is 9.90 Å². The zero-order valence-electron chi connectivity index (χ0n) is 13.1. The predicted molar refractivity (Wildman–Crippen MR) is 105 cm³/mol. The van der Waals surface area contributed by atoms with Gasteiger partial charge in [-0.1, -0.05) is 18.3 Å². The Labute approximate surface area is 160 Å². The minimum absolute atomic E-state index is 0. The number of nitrogens with one attached hydrogen (secondary N) is 1. The largest absolute Gasteiger partial charge is 0.508 e. The number of halogens is 1. The fraction of sp³-hybridized carbons (Fsp3) is 0.333. The van der Waals surface area contributed by atoms with E-state index in [4.69, 9.17) is 0 Å². The number of phenolic OH excluding ortho intramolecular Hbond substituents is 1. The van der Waals surface area contributed by atoms with Crippen molar-refractivity contribution in [3.05, 3.63) is 34.8 Å². The van der Waals surface area contributed by atoms with Gasteiger partial charge in [-0.15, -0.1) is 34.2 Å². The van der Waals surface area contributed by atoms with E-state index < -0.39 is 0 Å². The number of benzene rings is 1. The highest BCUT2D eigenvalue weighted by Gasteiger charge is 2.23. The molecule has 0 saturated heterocycles. The van der Waals surface area contributed by atoms with Gasteiger partial charge in [0.1, 0.15) is 10.8 Å². The van der Waals surface area contributed by atoms with Gasteiger partial charge in [-0.2, -0.15) is 0 Å². The standard InChI is InChI=1S/C15H17N5O2S.HI/c1-2-13-18-19-15(23-13)20(14-16-7-8-17-14)9-12(22)10-3-5-11(21)6-4-10;/h3-6,21H,2,7-9H2,1H3,(H,16,17);1H. The van der Waals surface area contributed by atoms with E-state index in [0.29, 0.717) is 23.2 Å². The second kappa shape index (κ2) is 8.38. The van der Waals surface area contributed by atoms with Crippen LogP contribution in [0.4, 0.5) is 5.13 Å². The van der Waals surface area contributed by atoms with Gasteiger partial charge >= 0.3 is 0 Å². The molecule has 3 rings (SSSR count). The number of anilines is 1. The molecule has 1 aliphatic rings. The summed E-state index contributed by atoms with van der Waals surface area (Å²) in [5, 5.41) is 22.4. The van der Waals surface area contributed by atoms with E-state index in [1.54, 1.807) is 17.0 Å². The summed E-state index contributed by atoms with van der Waals surface area (Å²) in [5.74, 6) is 0.711. The van der Waals surface area contributed by atoms with Crippen molar-refractivity contribution in [1.82, 2.24) is 15.5 Å². The summed E-state index contributed by atoms with van der Waals surface area (Å²) < 4.78 is 0. The lowest BCUT2D eigenvalue weighted by Gasteiger charge is -2.20. The molecule has 2 N–H and O–H groups in total. The molecule has 7 nitrogen and oxygen atoms in total. The maximum absolute atomic E-state index is 12.5. The summed E-state index contributed by atoms with van der Waals surface area (Å²) in [7, 11) is 0. The second-order valence-corrected chi connectivity index (χ2v) is 6.06. The average Bonchev–Trinajstić information content (AvgIpc) is 3.24. The van der Waals surface area contributed by atoms with Crippen molar-refractivity contribution in [1.29, 1.82) is 0 Å². The lowest BCUT2D eigenvalue weighted by Crippen LogP contribution is -2.42. The Hall–Kier alpha value is -1.75. The number of hydrogen-bond donors (Lipinski definition) is 2. The van der Waals surface area contributed by atoms with Gasteiger partial charge in [0.15, 0.2) is 5.78 Å². The number of carbonyl (C=O) groups excluding carboxylic acids is 1. The molecular formula is C15H18IN5O2S. The summed E-state index contributed by atoms with van der Waals surface area (Å²) in [4.78, 5) is 18.7. The first-order chi connectivity index (χ1) is 11.2. The summed E-state index contributed by atoms with van der Waals surface area (Å²) in [5.41, 5.74) is 0.534. The lowest BCUT2D eigenvalue weighted by molar-refractivity contribution is 0.100. The van der Waals surface area contributed by atoms with E-state index in [1.807, 2.05) is 6.92 Å². The van der Waals surface area contributed by atoms with E-state index in [-0.39, 0.29) is 42.1 Å².